The minimum absolute atomic E-state index is 0.319. The molecule has 0 unspecified atom stereocenters. The molecule has 0 bridgehead atoms. The minimum Gasteiger partial charge on any atom is -0.411 e. The van der Waals surface area contributed by atoms with Crippen LogP contribution < -0.4 is 0 Å². The van der Waals surface area contributed by atoms with Crippen molar-refractivity contribution in [1.82, 2.24) is 0 Å². The number of hydrogen-bond donors (Lipinski definition) is 1. The second-order valence-corrected chi connectivity index (χ2v) is 7.93. The van der Waals surface area contributed by atoms with Crippen molar-refractivity contribution in [2.24, 2.45) is 21.9 Å². The maximum absolute atomic E-state index is 8.93. The lowest BCUT2D eigenvalue weighted by molar-refractivity contribution is 0.165. The summed E-state index contributed by atoms with van der Waals surface area (Å²) >= 11 is 0. The van der Waals surface area contributed by atoms with Crippen molar-refractivity contribution in [3.8, 4) is 0 Å². The zero-order valence-corrected chi connectivity index (χ0v) is 13.2. The van der Waals surface area contributed by atoms with E-state index >= 15 is 0 Å². The fourth-order valence-corrected chi connectivity index (χ4v) is 4.03. The van der Waals surface area contributed by atoms with Crippen LogP contribution in [0, 0.1) is 16.7 Å². The highest BCUT2D eigenvalue weighted by atomic mass is 16.4. The highest BCUT2D eigenvalue weighted by molar-refractivity contribution is 5.81. The summed E-state index contributed by atoms with van der Waals surface area (Å²) in [4.78, 5) is 0. The van der Waals surface area contributed by atoms with Crippen molar-refractivity contribution in [3.05, 3.63) is 11.1 Å². The van der Waals surface area contributed by atoms with E-state index in [2.05, 4.69) is 32.9 Å². The van der Waals surface area contributed by atoms with Gasteiger partial charge in [-0.05, 0) is 62.2 Å². The molecule has 1 N–H and O–H groups in total. The molecule has 2 nitrogen and oxygen atoms in total. The Kier molecular flexibility index (Phi) is 3.81. The Balaban J connectivity index is 2.27. The molecule has 0 heterocycles. The first-order chi connectivity index (χ1) is 8.76. The van der Waals surface area contributed by atoms with E-state index in [0.29, 0.717) is 16.7 Å². The lowest BCUT2D eigenvalue weighted by Gasteiger charge is -2.47. The molecule has 0 saturated carbocycles. The van der Waals surface area contributed by atoms with Gasteiger partial charge < -0.3 is 5.21 Å². The van der Waals surface area contributed by atoms with E-state index in [1.807, 2.05) is 6.92 Å². The van der Waals surface area contributed by atoms with Gasteiger partial charge in [-0.2, -0.15) is 0 Å². The summed E-state index contributed by atoms with van der Waals surface area (Å²) in [5, 5.41) is 12.3. The van der Waals surface area contributed by atoms with E-state index in [4.69, 9.17) is 5.21 Å². The summed E-state index contributed by atoms with van der Waals surface area (Å²) in [5.74, 6) is 0.621. The fraction of sp³-hybridized carbons (Fsp3) is 0.824. The van der Waals surface area contributed by atoms with Gasteiger partial charge in [0.05, 0.1) is 5.71 Å². The summed E-state index contributed by atoms with van der Waals surface area (Å²) in [6, 6.07) is 0. The molecule has 2 aliphatic rings. The molecule has 0 aliphatic heterocycles. The lowest BCUT2D eigenvalue weighted by Crippen LogP contribution is -2.36. The Morgan fingerprint density at radius 2 is 2.00 bits per heavy atom. The van der Waals surface area contributed by atoms with Crippen LogP contribution in [0.25, 0.3) is 0 Å². The first-order valence-corrected chi connectivity index (χ1v) is 7.65. The number of nitrogens with zero attached hydrogens (tertiary/aromatic N) is 1. The average Bonchev–Trinajstić information content (AvgIpc) is 2.31. The summed E-state index contributed by atoms with van der Waals surface area (Å²) in [7, 11) is 0. The Hall–Kier alpha value is -0.790. The minimum atomic E-state index is 0.319. The summed E-state index contributed by atoms with van der Waals surface area (Å²) in [5.41, 5.74) is 5.04. The summed E-state index contributed by atoms with van der Waals surface area (Å²) < 4.78 is 0. The maximum atomic E-state index is 8.93. The molecule has 0 aromatic rings. The van der Waals surface area contributed by atoms with E-state index in [1.54, 1.807) is 11.1 Å². The van der Waals surface area contributed by atoms with Gasteiger partial charge in [0.1, 0.15) is 0 Å². The monoisotopic (exact) mass is 263 g/mol. The van der Waals surface area contributed by atoms with Crippen LogP contribution in [0.3, 0.4) is 0 Å². The number of oxime groups is 1. The first-order valence-electron chi connectivity index (χ1n) is 7.65. The normalized spacial score (nSPS) is 30.2. The molecule has 0 spiro atoms. The molecule has 0 amide bonds. The molecule has 0 aromatic carbocycles. The van der Waals surface area contributed by atoms with Gasteiger partial charge >= 0.3 is 0 Å². The van der Waals surface area contributed by atoms with Gasteiger partial charge in [-0.1, -0.05) is 44.0 Å². The van der Waals surface area contributed by atoms with Crippen molar-refractivity contribution < 1.29 is 5.21 Å². The molecule has 1 atom stereocenters. The third-order valence-electron chi connectivity index (χ3n) is 5.47. The lowest BCUT2D eigenvalue weighted by atomic mass is 9.58. The van der Waals surface area contributed by atoms with Gasteiger partial charge in [-0.15, -0.1) is 0 Å². The third-order valence-corrected chi connectivity index (χ3v) is 5.47. The van der Waals surface area contributed by atoms with Crippen LogP contribution in [0.1, 0.15) is 73.1 Å². The van der Waals surface area contributed by atoms with Gasteiger partial charge in [0.2, 0.25) is 0 Å². The highest BCUT2D eigenvalue weighted by Crippen LogP contribution is 2.54. The smallest absolute Gasteiger partial charge is 0.0543 e. The Labute approximate surface area is 118 Å². The Morgan fingerprint density at radius 3 is 2.63 bits per heavy atom. The van der Waals surface area contributed by atoms with Crippen LogP contribution in [0.2, 0.25) is 0 Å². The molecular formula is C17H29NO. The molecule has 2 rings (SSSR count). The van der Waals surface area contributed by atoms with Gasteiger partial charge in [-0.3, -0.25) is 0 Å². The van der Waals surface area contributed by atoms with Gasteiger partial charge in [-0.25, -0.2) is 0 Å². The van der Waals surface area contributed by atoms with Crippen molar-refractivity contribution in [2.75, 3.05) is 0 Å². The molecule has 19 heavy (non-hydrogen) atoms. The Morgan fingerprint density at radius 1 is 1.32 bits per heavy atom. The van der Waals surface area contributed by atoms with Gasteiger partial charge in [0, 0.05) is 0 Å². The van der Waals surface area contributed by atoms with E-state index in [1.165, 1.54) is 32.1 Å². The third kappa shape index (κ3) is 2.88. The molecule has 2 aliphatic carbocycles. The molecular weight excluding hydrogens is 234 g/mol. The van der Waals surface area contributed by atoms with E-state index in [0.717, 1.165) is 12.1 Å². The van der Waals surface area contributed by atoms with Gasteiger partial charge in [0.25, 0.3) is 0 Å². The second kappa shape index (κ2) is 4.96. The highest BCUT2D eigenvalue weighted by Gasteiger charge is 2.41. The maximum Gasteiger partial charge on any atom is 0.0543 e. The van der Waals surface area contributed by atoms with Crippen LogP contribution >= 0.6 is 0 Å². The van der Waals surface area contributed by atoms with E-state index in [9.17, 15) is 0 Å². The van der Waals surface area contributed by atoms with Crippen LogP contribution in [-0.4, -0.2) is 10.9 Å². The number of allylic oxidation sites excluding steroid dienone is 2. The standard InChI is InChI=1S/C17H29NO/c1-12(18-19)9-14-10-13-7-6-8-16(2,3)15(13)11-17(14,4)5/h14,19H,6-11H2,1-5H3/b18-12-/t14-/m0/s1. The molecule has 0 saturated heterocycles. The molecule has 108 valence electrons. The van der Waals surface area contributed by atoms with Crippen LogP contribution in [0.4, 0.5) is 0 Å². The topological polar surface area (TPSA) is 32.6 Å². The molecule has 0 radical (unpaired) electrons. The van der Waals surface area contributed by atoms with E-state index < -0.39 is 0 Å². The predicted octanol–water partition coefficient (Wildman–Crippen LogP) is 5.17. The van der Waals surface area contributed by atoms with Crippen molar-refractivity contribution in [1.29, 1.82) is 0 Å². The van der Waals surface area contributed by atoms with Crippen molar-refractivity contribution in [3.63, 3.8) is 0 Å². The quantitative estimate of drug-likeness (QED) is 0.317. The van der Waals surface area contributed by atoms with Crippen LogP contribution in [0.5, 0.6) is 0 Å². The number of rotatable bonds is 2. The van der Waals surface area contributed by atoms with Crippen molar-refractivity contribution in [2.45, 2.75) is 73.1 Å². The zero-order chi connectivity index (χ0) is 14.3. The summed E-state index contributed by atoms with van der Waals surface area (Å²) in [6.45, 7) is 11.5. The second-order valence-electron chi connectivity index (χ2n) is 7.93. The molecule has 2 heteroatoms. The SMILES string of the molecule is C/C(C[C@H]1CC2=C(CC1(C)C)C(C)(C)CCC2)=N/O. The molecule has 0 fully saturated rings. The predicted molar refractivity (Wildman–Crippen MR) is 80.7 cm³/mol. The number of hydrogen-bond acceptors (Lipinski definition) is 2. The zero-order valence-electron chi connectivity index (χ0n) is 13.2. The molecule has 0 aromatic heterocycles. The first kappa shape index (κ1) is 14.6. The fourth-order valence-electron chi connectivity index (χ4n) is 4.03. The van der Waals surface area contributed by atoms with Crippen LogP contribution in [0.15, 0.2) is 16.3 Å². The van der Waals surface area contributed by atoms with Gasteiger partial charge in [0.15, 0.2) is 0 Å². The van der Waals surface area contributed by atoms with Crippen molar-refractivity contribution >= 4 is 5.71 Å². The van der Waals surface area contributed by atoms with Crippen LogP contribution in [-0.2, 0) is 0 Å². The summed E-state index contributed by atoms with van der Waals surface area (Å²) in [6.07, 6.45) is 7.33. The Bertz CT molecular complexity index is 415. The van der Waals surface area contributed by atoms with E-state index in [-0.39, 0.29) is 0 Å². The largest absolute Gasteiger partial charge is 0.411 e. The average molecular weight is 263 g/mol.